The topological polar surface area (TPSA) is 66.4 Å². The van der Waals surface area contributed by atoms with Crippen LogP contribution in [0.25, 0.3) is 0 Å². The van der Waals surface area contributed by atoms with Gasteiger partial charge in [0.1, 0.15) is 0 Å². The Morgan fingerprint density at radius 3 is 2.42 bits per heavy atom. The van der Waals surface area contributed by atoms with Gasteiger partial charge in [-0.3, -0.25) is 0 Å². The highest BCUT2D eigenvalue weighted by molar-refractivity contribution is 7.89. The molecule has 108 valence electrons. The second-order valence-electron chi connectivity index (χ2n) is 5.05. The molecule has 0 radical (unpaired) electrons. The molecule has 0 saturated carbocycles. The summed E-state index contributed by atoms with van der Waals surface area (Å²) >= 11 is 0. The molecule has 0 aromatic heterocycles. The molecular formula is C14H23NO3S. The molecule has 0 amide bonds. The van der Waals surface area contributed by atoms with Crippen LogP contribution in [0.2, 0.25) is 0 Å². The zero-order valence-corrected chi connectivity index (χ0v) is 12.4. The summed E-state index contributed by atoms with van der Waals surface area (Å²) in [4.78, 5) is 0. The maximum atomic E-state index is 11.8. The van der Waals surface area contributed by atoms with Crippen molar-refractivity contribution in [3.63, 3.8) is 0 Å². The largest absolute Gasteiger partial charge is 0.393 e. The van der Waals surface area contributed by atoms with Gasteiger partial charge in [-0.1, -0.05) is 44.2 Å². The van der Waals surface area contributed by atoms with Crippen LogP contribution >= 0.6 is 0 Å². The molecule has 5 heteroatoms. The van der Waals surface area contributed by atoms with E-state index < -0.39 is 16.1 Å². The molecule has 0 aliphatic heterocycles. The van der Waals surface area contributed by atoms with Crippen molar-refractivity contribution in [1.29, 1.82) is 0 Å². The minimum absolute atomic E-state index is 0.0782. The van der Waals surface area contributed by atoms with E-state index in [0.29, 0.717) is 12.8 Å². The number of nitrogens with one attached hydrogen (secondary N) is 1. The second-order valence-corrected chi connectivity index (χ2v) is 6.98. The summed E-state index contributed by atoms with van der Waals surface area (Å²) in [6.45, 7) is 4.11. The third-order valence-electron chi connectivity index (χ3n) is 3.03. The molecule has 1 rings (SSSR count). The van der Waals surface area contributed by atoms with E-state index in [0.717, 1.165) is 5.56 Å². The van der Waals surface area contributed by atoms with Crippen LogP contribution in [-0.4, -0.2) is 31.9 Å². The number of hydrogen-bond donors (Lipinski definition) is 2. The smallest absolute Gasteiger partial charge is 0.211 e. The van der Waals surface area contributed by atoms with Crippen LogP contribution in [0, 0.1) is 5.92 Å². The number of hydrogen-bond acceptors (Lipinski definition) is 3. The van der Waals surface area contributed by atoms with Gasteiger partial charge in [-0.25, -0.2) is 13.1 Å². The second kappa shape index (κ2) is 7.62. The molecule has 1 aromatic carbocycles. The van der Waals surface area contributed by atoms with E-state index >= 15 is 0 Å². The highest BCUT2D eigenvalue weighted by Crippen LogP contribution is 2.05. The number of sulfonamides is 1. The predicted molar refractivity (Wildman–Crippen MR) is 77.4 cm³/mol. The van der Waals surface area contributed by atoms with Crippen LogP contribution in [0.15, 0.2) is 30.3 Å². The van der Waals surface area contributed by atoms with Gasteiger partial charge in [-0.15, -0.1) is 0 Å². The molecule has 0 heterocycles. The van der Waals surface area contributed by atoms with Gasteiger partial charge in [-0.2, -0.15) is 0 Å². The number of aliphatic hydroxyl groups is 1. The fourth-order valence-corrected chi connectivity index (χ4v) is 2.74. The Morgan fingerprint density at radius 1 is 1.21 bits per heavy atom. The average Bonchev–Trinajstić information content (AvgIpc) is 2.37. The van der Waals surface area contributed by atoms with E-state index in [1.807, 2.05) is 44.2 Å². The van der Waals surface area contributed by atoms with Gasteiger partial charge in [0.25, 0.3) is 0 Å². The Bertz CT molecular complexity index is 457. The summed E-state index contributed by atoms with van der Waals surface area (Å²) in [6.07, 6.45) is 0.488. The van der Waals surface area contributed by atoms with Gasteiger partial charge in [0, 0.05) is 6.54 Å². The van der Waals surface area contributed by atoms with Crippen LogP contribution < -0.4 is 4.72 Å². The molecule has 1 unspecified atom stereocenters. The molecule has 1 atom stereocenters. The zero-order valence-electron chi connectivity index (χ0n) is 11.5. The Balaban J connectivity index is 2.32. The lowest BCUT2D eigenvalue weighted by molar-refractivity contribution is 0.118. The molecular weight excluding hydrogens is 262 g/mol. The summed E-state index contributed by atoms with van der Waals surface area (Å²) in [5.41, 5.74) is 1.01. The van der Waals surface area contributed by atoms with Gasteiger partial charge in [0.15, 0.2) is 0 Å². The van der Waals surface area contributed by atoms with E-state index in [4.69, 9.17) is 0 Å². The minimum atomic E-state index is -3.26. The van der Waals surface area contributed by atoms with Crippen molar-refractivity contribution in [2.75, 3.05) is 12.3 Å². The van der Waals surface area contributed by atoms with Crippen LogP contribution in [0.4, 0.5) is 0 Å². The molecule has 0 fully saturated rings. The molecule has 0 saturated heterocycles. The Kier molecular flexibility index (Phi) is 6.48. The Morgan fingerprint density at radius 2 is 1.84 bits per heavy atom. The molecule has 0 bridgehead atoms. The lowest BCUT2D eigenvalue weighted by atomic mass is 10.1. The number of aliphatic hydroxyl groups excluding tert-OH is 1. The van der Waals surface area contributed by atoms with E-state index in [2.05, 4.69) is 4.72 Å². The van der Waals surface area contributed by atoms with Gasteiger partial charge < -0.3 is 5.11 Å². The molecule has 19 heavy (non-hydrogen) atoms. The van der Waals surface area contributed by atoms with Crippen molar-refractivity contribution >= 4 is 10.0 Å². The van der Waals surface area contributed by atoms with Crippen LogP contribution in [-0.2, 0) is 16.4 Å². The Hall–Kier alpha value is -0.910. The first kappa shape index (κ1) is 16.1. The molecule has 0 aliphatic carbocycles. The van der Waals surface area contributed by atoms with Gasteiger partial charge in [0.05, 0.1) is 11.9 Å². The third-order valence-corrected chi connectivity index (χ3v) is 4.42. The lowest BCUT2D eigenvalue weighted by Crippen LogP contribution is -2.31. The summed E-state index contributed by atoms with van der Waals surface area (Å²) < 4.78 is 26.1. The summed E-state index contributed by atoms with van der Waals surface area (Å²) in [7, 11) is -3.26. The number of benzene rings is 1. The first-order valence-electron chi connectivity index (χ1n) is 6.60. The van der Waals surface area contributed by atoms with Crippen molar-refractivity contribution in [3.05, 3.63) is 35.9 Å². The summed E-state index contributed by atoms with van der Waals surface area (Å²) in [6, 6.07) is 9.53. The Labute approximate surface area is 115 Å². The quantitative estimate of drug-likeness (QED) is 0.761. The van der Waals surface area contributed by atoms with Crippen molar-refractivity contribution in [2.45, 2.75) is 32.8 Å². The first-order valence-corrected chi connectivity index (χ1v) is 8.25. The maximum Gasteiger partial charge on any atom is 0.211 e. The van der Waals surface area contributed by atoms with Gasteiger partial charge in [-0.05, 0) is 24.3 Å². The van der Waals surface area contributed by atoms with E-state index in [9.17, 15) is 13.5 Å². The molecule has 0 aliphatic rings. The normalized spacial score (nSPS) is 13.7. The molecule has 1 aromatic rings. The minimum Gasteiger partial charge on any atom is -0.393 e. The first-order chi connectivity index (χ1) is 8.91. The third kappa shape index (κ3) is 6.71. The summed E-state index contributed by atoms with van der Waals surface area (Å²) in [5, 5.41) is 9.60. The SMILES string of the molecule is CC(C)C(O)CCNS(=O)(=O)CCc1ccccc1. The van der Waals surface area contributed by atoms with E-state index in [1.165, 1.54) is 0 Å². The van der Waals surface area contributed by atoms with Crippen molar-refractivity contribution < 1.29 is 13.5 Å². The van der Waals surface area contributed by atoms with Crippen molar-refractivity contribution in [3.8, 4) is 0 Å². The van der Waals surface area contributed by atoms with Crippen LogP contribution in [0.1, 0.15) is 25.8 Å². The van der Waals surface area contributed by atoms with Crippen molar-refractivity contribution in [1.82, 2.24) is 4.72 Å². The lowest BCUT2D eigenvalue weighted by Gasteiger charge is -2.14. The van der Waals surface area contributed by atoms with E-state index in [-0.39, 0.29) is 18.2 Å². The summed E-state index contributed by atoms with van der Waals surface area (Å²) in [5.74, 6) is 0.225. The van der Waals surface area contributed by atoms with E-state index in [1.54, 1.807) is 0 Å². The maximum absolute atomic E-state index is 11.8. The van der Waals surface area contributed by atoms with Crippen LogP contribution in [0.3, 0.4) is 0 Å². The number of rotatable bonds is 8. The van der Waals surface area contributed by atoms with Crippen molar-refractivity contribution in [2.24, 2.45) is 5.92 Å². The predicted octanol–water partition coefficient (Wildman–Crippen LogP) is 1.56. The van der Waals surface area contributed by atoms with Gasteiger partial charge >= 0.3 is 0 Å². The van der Waals surface area contributed by atoms with Gasteiger partial charge in [0.2, 0.25) is 10.0 Å². The highest BCUT2D eigenvalue weighted by atomic mass is 32.2. The molecule has 4 nitrogen and oxygen atoms in total. The molecule has 0 spiro atoms. The zero-order chi connectivity index (χ0) is 14.3. The standard InChI is InChI=1S/C14H23NO3S/c1-12(2)14(16)8-10-15-19(17,18)11-9-13-6-4-3-5-7-13/h3-7,12,14-16H,8-11H2,1-2H3. The highest BCUT2D eigenvalue weighted by Gasteiger charge is 2.13. The average molecular weight is 285 g/mol. The fraction of sp³-hybridized carbons (Fsp3) is 0.571. The fourth-order valence-electron chi connectivity index (χ4n) is 1.66. The molecule has 2 N–H and O–H groups in total. The van der Waals surface area contributed by atoms with Crippen LogP contribution in [0.5, 0.6) is 0 Å². The number of aryl methyl sites for hydroxylation is 1. The monoisotopic (exact) mass is 285 g/mol.